The lowest BCUT2D eigenvalue weighted by atomic mass is 9.48. The topological polar surface area (TPSA) is 58.2 Å². The summed E-state index contributed by atoms with van der Waals surface area (Å²) in [6.45, 7) is 4.48. The average Bonchev–Trinajstić information content (AvgIpc) is 3.11. The van der Waals surface area contributed by atoms with Gasteiger partial charge in [-0.1, -0.05) is 26.0 Å². The normalized spacial score (nSPS) is 39.8. The fourth-order valence-corrected chi connectivity index (χ4v) is 7.77. The van der Waals surface area contributed by atoms with Crippen LogP contribution in [0.3, 0.4) is 0 Å². The smallest absolute Gasteiger partial charge is 0.349 e. The SMILES string of the molecule is C[C@]12C=CC(=O)NC1CCC1C2CC[C@]2(C)C(C(=O)Nc3cccc(C(F)(F)F)c3)CCC12. The predicted octanol–water partition coefficient (Wildman–Crippen LogP) is 5.56. The third kappa shape index (κ3) is 3.58. The molecule has 178 valence electrons. The van der Waals surface area contributed by atoms with Crippen molar-refractivity contribution in [2.75, 3.05) is 5.32 Å². The number of carbonyl (C=O) groups excluding carboxylic acids is 2. The van der Waals surface area contributed by atoms with Gasteiger partial charge in [0.05, 0.1) is 5.56 Å². The first-order valence-corrected chi connectivity index (χ1v) is 12.0. The van der Waals surface area contributed by atoms with Gasteiger partial charge in [0.2, 0.25) is 11.8 Å². The quantitative estimate of drug-likeness (QED) is 0.607. The van der Waals surface area contributed by atoms with Crippen molar-refractivity contribution in [1.82, 2.24) is 5.32 Å². The number of anilines is 1. The predicted molar refractivity (Wildman–Crippen MR) is 119 cm³/mol. The summed E-state index contributed by atoms with van der Waals surface area (Å²) in [5, 5.41) is 5.95. The van der Waals surface area contributed by atoms with Crippen LogP contribution in [-0.2, 0) is 15.8 Å². The minimum Gasteiger partial charge on any atom is -0.349 e. The number of hydrogen-bond donors (Lipinski definition) is 2. The molecule has 0 radical (unpaired) electrons. The van der Waals surface area contributed by atoms with Crippen molar-refractivity contribution in [2.45, 2.75) is 64.6 Å². The van der Waals surface area contributed by atoms with Crippen LogP contribution < -0.4 is 10.6 Å². The average molecular weight is 461 g/mol. The van der Waals surface area contributed by atoms with Crippen LogP contribution in [-0.4, -0.2) is 17.9 Å². The number of halogens is 3. The van der Waals surface area contributed by atoms with Gasteiger partial charge in [-0.3, -0.25) is 9.59 Å². The molecule has 4 nitrogen and oxygen atoms in total. The number of fused-ring (bicyclic) bond motifs is 5. The molecule has 5 rings (SSSR count). The maximum Gasteiger partial charge on any atom is 0.416 e. The Labute approximate surface area is 192 Å². The van der Waals surface area contributed by atoms with Crippen molar-refractivity contribution in [3.8, 4) is 0 Å². The van der Waals surface area contributed by atoms with Crippen LogP contribution in [0.1, 0.15) is 57.9 Å². The summed E-state index contributed by atoms with van der Waals surface area (Å²) in [7, 11) is 0. The second-order valence-corrected chi connectivity index (χ2v) is 11.0. The van der Waals surface area contributed by atoms with Gasteiger partial charge in [0, 0.05) is 23.1 Å². The van der Waals surface area contributed by atoms with E-state index in [0.717, 1.165) is 50.7 Å². The van der Waals surface area contributed by atoms with E-state index in [4.69, 9.17) is 0 Å². The lowest BCUT2D eigenvalue weighted by molar-refractivity contribution is -0.137. The second-order valence-electron chi connectivity index (χ2n) is 11.0. The van der Waals surface area contributed by atoms with E-state index in [1.165, 1.54) is 12.1 Å². The van der Waals surface area contributed by atoms with Crippen molar-refractivity contribution >= 4 is 17.5 Å². The van der Waals surface area contributed by atoms with Crippen LogP contribution >= 0.6 is 0 Å². The maximum atomic E-state index is 13.3. The Hall–Kier alpha value is -2.31. The largest absolute Gasteiger partial charge is 0.416 e. The Morgan fingerprint density at radius 1 is 1.09 bits per heavy atom. The van der Waals surface area contributed by atoms with E-state index < -0.39 is 11.7 Å². The molecule has 0 aromatic heterocycles. The second kappa shape index (κ2) is 7.60. The molecule has 1 aromatic carbocycles. The highest BCUT2D eigenvalue weighted by Gasteiger charge is 2.60. The number of alkyl halides is 3. The molecule has 7 atom stereocenters. The zero-order valence-electron chi connectivity index (χ0n) is 19.0. The van der Waals surface area contributed by atoms with Crippen LogP contribution in [0.5, 0.6) is 0 Å². The molecule has 1 heterocycles. The van der Waals surface area contributed by atoms with Crippen LogP contribution in [0.4, 0.5) is 18.9 Å². The Morgan fingerprint density at radius 3 is 2.64 bits per heavy atom. The first-order valence-electron chi connectivity index (χ1n) is 12.0. The molecule has 1 aliphatic heterocycles. The number of amides is 2. The van der Waals surface area contributed by atoms with E-state index in [0.29, 0.717) is 17.8 Å². The molecule has 0 bridgehead atoms. The van der Waals surface area contributed by atoms with Gasteiger partial charge in [-0.05, 0) is 86.0 Å². The fourth-order valence-electron chi connectivity index (χ4n) is 7.77. The van der Waals surface area contributed by atoms with E-state index in [9.17, 15) is 22.8 Å². The van der Waals surface area contributed by atoms with Crippen molar-refractivity contribution in [2.24, 2.45) is 34.5 Å². The molecule has 3 saturated carbocycles. The molecule has 4 aliphatic rings. The molecule has 1 aromatic rings. The minimum atomic E-state index is -4.44. The molecule has 0 spiro atoms. The van der Waals surface area contributed by atoms with E-state index in [2.05, 4.69) is 30.6 Å². The molecule has 3 fully saturated rings. The highest BCUT2D eigenvalue weighted by Crippen LogP contribution is 2.65. The Balaban J connectivity index is 1.35. The number of benzene rings is 1. The summed E-state index contributed by atoms with van der Waals surface area (Å²) >= 11 is 0. The van der Waals surface area contributed by atoms with Gasteiger partial charge in [0.15, 0.2) is 0 Å². The molecule has 5 unspecified atom stereocenters. The summed E-state index contributed by atoms with van der Waals surface area (Å²) in [5.74, 6) is 1.00. The summed E-state index contributed by atoms with van der Waals surface area (Å²) in [4.78, 5) is 25.2. The highest BCUT2D eigenvalue weighted by molar-refractivity contribution is 5.93. The van der Waals surface area contributed by atoms with Gasteiger partial charge in [-0.25, -0.2) is 0 Å². The number of carbonyl (C=O) groups is 2. The van der Waals surface area contributed by atoms with Crippen molar-refractivity contribution in [3.05, 3.63) is 42.0 Å². The lowest BCUT2D eigenvalue weighted by Crippen LogP contribution is -2.59. The van der Waals surface area contributed by atoms with Gasteiger partial charge in [-0.15, -0.1) is 0 Å². The van der Waals surface area contributed by atoms with Crippen LogP contribution in [0.2, 0.25) is 0 Å². The van der Waals surface area contributed by atoms with E-state index in [1.807, 2.05) is 0 Å². The molecule has 7 heteroatoms. The molecule has 2 N–H and O–H groups in total. The third-order valence-corrected chi connectivity index (χ3v) is 9.46. The summed E-state index contributed by atoms with van der Waals surface area (Å²) in [6, 6.07) is 5.04. The molecular formula is C26H31F3N2O2. The molecule has 33 heavy (non-hydrogen) atoms. The lowest BCUT2D eigenvalue weighted by Gasteiger charge is -2.58. The van der Waals surface area contributed by atoms with Crippen molar-refractivity contribution < 1.29 is 22.8 Å². The van der Waals surface area contributed by atoms with Gasteiger partial charge in [-0.2, -0.15) is 13.2 Å². The monoisotopic (exact) mass is 460 g/mol. The first-order chi connectivity index (χ1) is 15.5. The summed E-state index contributed by atoms with van der Waals surface area (Å²) in [5.41, 5.74) is -0.769. The Bertz CT molecular complexity index is 1010. The van der Waals surface area contributed by atoms with Gasteiger partial charge in [0.1, 0.15) is 0 Å². The fraction of sp³-hybridized carbons (Fsp3) is 0.615. The Kier molecular flexibility index (Phi) is 5.18. The maximum absolute atomic E-state index is 13.3. The number of hydrogen-bond acceptors (Lipinski definition) is 2. The molecule has 2 amide bonds. The van der Waals surface area contributed by atoms with E-state index in [1.54, 1.807) is 6.08 Å². The van der Waals surface area contributed by atoms with E-state index in [-0.39, 0.29) is 40.3 Å². The third-order valence-electron chi connectivity index (χ3n) is 9.46. The zero-order valence-corrected chi connectivity index (χ0v) is 19.0. The van der Waals surface area contributed by atoms with E-state index >= 15 is 0 Å². The van der Waals surface area contributed by atoms with Crippen LogP contribution in [0, 0.1) is 34.5 Å². The van der Waals surface area contributed by atoms with Gasteiger partial charge >= 0.3 is 6.18 Å². The molecule has 3 aliphatic carbocycles. The van der Waals surface area contributed by atoms with Crippen LogP contribution in [0.15, 0.2) is 36.4 Å². The Morgan fingerprint density at radius 2 is 1.88 bits per heavy atom. The molecule has 0 saturated heterocycles. The highest BCUT2D eigenvalue weighted by atomic mass is 19.4. The van der Waals surface area contributed by atoms with Crippen molar-refractivity contribution in [1.29, 1.82) is 0 Å². The zero-order chi connectivity index (χ0) is 23.6. The first kappa shape index (κ1) is 22.5. The standard InChI is InChI=1S/C26H31F3N2O2/c1-24-12-10-19-17(6-9-21-25(19,2)13-11-22(32)31-21)18(24)7-8-20(24)23(33)30-16-5-3-4-15(14-16)26(27,28)29/h3-5,11,13-14,17-21H,6-10,12H2,1-2H3,(H,30,33)(H,31,32)/t17?,18?,19?,20?,21?,24-,25+/m0/s1. The van der Waals surface area contributed by atoms with Gasteiger partial charge in [0.25, 0.3) is 0 Å². The van der Waals surface area contributed by atoms with Crippen molar-refractivity contribution in [3.63, 3.8) is 0 Å². The molecular weight excluding hydrogens is 429 g/mol. The van der Waals surface area contributed by atoms with Crippen LogP contribution in [0.25, 0.3) is 0 Å². The summed E-state index contributed by atoms with van der Waals surface area (Å²) < 4.78 is 39.2. The van der Waals surface area contributed by atoms with Gasteiger partial charge < -0.3 is 10.6 Å². The number of rotatable bonds is 2. The minimum absolute atomic E-state index is 0.0104. The summed E-state index contributed by atoms with van der Waals surface area (Å²) in [6.07, 6.45) is 4.99. The number of nitrogens with one attached hydrogen (secondary N) is 2.